The molecule has 1 heterocycles. The number of hydrogen-bond acceptors (Lipinski definition) is 3. The van der Waals surface area contributed by atoms with E-state index in [4.69, 9.17) is 0 Å². The molecule has 0 aromatic heterocycles. The van der Waals surface area contributed by atoms with Gasteiger partial charge in [0, 0.05) is 26.1 Å². The number of carbonyl (C=O) groups is 2. The minimum Gasteiger partial charge on any atom is -0.353 e. The van der Waals surface area contributed by atoms with E-state index in [0.29, 0.717) is 11.5 Å². The highest BCUT2D eigenvalue weighted by Crippen LogP contribution is 2.38. The fourth-order valence-electron chi connectivity index (χ4n) is 4.63. The van der Waals surface area contributed by atoms with Gasteiger partial charge in [-0.25, -0.2) is 4.39 Å². The smallest absolute Gasteiger partial charge is 0.226 e. The van der Waals surface area contributed by atoms with Crippen LogP contribution >= 0.6 is 0 Å². The molecule has 1 saturated carbocycles. The molecule has 148 valence electrons. The minimum atomic E-state index is -0.480. The van der Waals surface area contributed by atoms with Crippen molar-refractivity contribution >= 4 is 11.8 Å². The summed E-state index contributed by atoms with van der Waals surface area (Å²) in [6.45, 7) is 0.946. The van der Waals surface area contributed by atoms with Gasteiger partial charge >= 0.3 is 0 Å². The number of amides is 2. The topological polar surface area (TPSA) is 52.7 Å². The summed E-state index contributed by atoms with van der Waals surface area (Å²) in [7, 11) is 5.80. The van der Waals surface area contributed by atoms with Crippen molar-refractivity contribution in [2.75, 3.05) is 27.7 Å². The van der Waals surface area contributed by atoms with Gasteiger partial charge in [-0.3, -0.25) is 9.59 Å². The van der Waals surface area contributed by atoms with Gasteiger partial charge in [-0.15, -0.1) is 0 Å². The number of likely N-dealkylation sites (tertiary alicyclic amines) is 1. The van der Waals surface area contributed by atoms with Crippen molar-refractivity contribution in [2.24, 2.45) is 11.8 Å². The molecule has 1 aromatic rings. The molecule has 2 aliphatic rings. The molecule has 1 saturated heterocycles. The van der Waals surface area contributed by atoms with Crippen LogP contribution in [0.25, 0.3) is 0 Å². The minimum absolute atomic E-state index is 0.0714. The average molecular weight is 375 g/mol. The van der Waals surface area contributed by atoms with Gasteiger partial charge in [0.2, 0.25) is 11.8 Å². The van der Waals surface area contributed by atoms with Crippen LogP contribution in [0.5, 0.6) is 0 Å². The van der Waals surface area contributed by atoms with Crippen LogP contribution in [0.4, 0.5) is 4.39 Å². The van der Waals surface area contributed by atoms with Gasteiger partial charge in [0.25, 0.3) is 0 Å². The molecule has 5 nitrogen and oxygen atoms in total. The molecule has 0 spiro atoms. The van der Waals surface area contributed by atoms with Gasteiger partial charge in [-0.2, -0.15) is 0 Å². The van der Waals surface area contributed by atoms with Crippen molar-refractivity contribution in [2.45, 2.75) is 44.2 Å². The van der Waals surface area contributed by atoms with Crippen LogP contribution in [0, 0.1) is 17.7 Å². The lowest BCUT2D eigenvalue weighted by atomic mass is 9.83. The maximum Gasteiger partial charge on any atom is 0.226 e. The standard InChI is InChI=1S/C21H30FN3O2/c1-24(2)13-15-7-4-5-10-18(15)23-21(27)17-12-19(26)25(3)20(17)14-8-6-9-16(22)11-14/h6,8-9,11,15,17-18,20H,4-5,7,10,12-13H2,1-3H3,(H,23,27). The Morgan fingerprint density at radius 3 is 2.74 bits per heavy atom. The summed E-state index contributed by atoms with van der Waals surface area (Å²) in [6.07, 6.45) is 4.58. The predicted octanol–water partition coefficient (Wildman–Crippen LogP) is 2.58. The third-order valence-corrected chi connectivity index (χ3v) is 5.95. The number of nitrogens with one attached hydrogen (secondary N) is 1. The van der Waals surface area contributed by atoms with Gasteiger partial charge in [-0.05, 0) is 50.6 Å². The monoisotopic (exact) mass is 375 g/mol. The summed E-state index contributed by atoms with van der Waals surface area (Å²) in [6, 6.07) is 5.95. The summed E-state index contributed by atoms with van der Waals surface area (Å²) in [5.74, 6) is -0.556. The summed E-state index contributed by atoms with van der Waals surface area (Å²) < 4.78 is 13.7. The van der Waals surface area contributed by atoms with Crippen molar-refractivity contribution in [1.82, 2.24) is 15.1 Å². The van der Waals surface area contributed by atoms with Gasteiger partial charge in [-0.1, -0.05) is 25.0 Å². The first-order valence-corrected chi connectivity index (χ1v) is 9.83. The second-order valence-corrected chi connectivity index (χ2v) is 8.24. The second-order valence-electron chi connectivity index (χ2n) is 8.24. The fourth-order valence-corrected chi connectivity index (χ4v) is 4.63. The van der Waals surface area contributed by atoms with E-state index in [0.717, 1.165) is 25.8 Å². The van der Waals surface area contributed by atoms with E-state index in [2.05, 4.69) is 24.3 Å². The number of halogens is 1. The summed E-state index contributed by atoms with van der Waals surface area (Å²) in [5, 5.41) is 3.23. The molecule has 1 aliphatic heterocycles. The Balaban J connectivity index is 1.76. The van der Waals surface area contributed by atoms with E-state index < -0.39 is 12.0 Å². The van der Waals surface area contributed by atoms with Crippen molar-refractivity contribution in [3.63, 3.8) is 0 Å². The molecule has 1 aliphatic carbocycles. The molecule has 4 atom stereocenters. The van der Waals surface area contributed by atoms with Crippen LogP contribution in [0.3, 0.4) is 0 Å². The molecule has 3 rings (SSSR count). The predicted molar refractivity (Wildman–Crippen MR) is 102 cm³/mol. The van der Waals surface area contributed by atoms with Crippen LogP contribution in [-0.2, 0) is 9.59 Å². The molecule has 0 radical (unpaired) electrons. The van der Waals surface area contributed by atoms with Crippen LogP contribution in [0.2, 0.25) is 0 Å². The van der Waals surface area contributed by atoms with Crippen molar-refractivity contribution in [3.8, 4) is 0 Å². The Kier molecular flexibility index (Phi) is 6.15. The Hall–Kier alpha value is -1.95. The molecular weight excluding hydrogens is 345 g/mol. The van der Waals surface area contributed by atoms with Gasteiger partial charge < -0.3 is 15.1 Å². The Morgan fingerprint density at radius 2 is 2.04 bits per heavy atom. The third kappa shape index (κ3) is 4.49. The highest BCUT2D eigenvalue weighted by Gasteiger charge is 2.43. The first kappa shape index (κ1) is 19.8. The molecule has 2 fully saturated rings. The Labute approximate surface area is 160 Å². The summed E-state index contributed by atoms with van der Waals surface area (Å²) in [5.41, 5.74) is 0.678. The zero-order valence-electron chi connectivity index (χ0n) is 16.5. The first-order valence-electron chi connectivity index (χ1n) is 9.83. The lowest BCUT2D eigenvalue weighted by molar-refractivity contribution is -0.128. The van der Waals surface area contributed by atoms with E-state index in [9.17, 15) is 14.0 Å². The number of carbonyl (C=O) groups excluding carboxylic acids is 2. The zero-order valence-corrected chi connectivity index (χ0v) is 16.5. The Morgan fingerprint density at radius 1 is 1.30 bits per heavy atom. The Bertz CT molecular complexity index is 694. The highest BCUT2D eigenvalue weighted by molar-refractivity contribution is 5.90. The SMILES string of the molecule is CN(C)CC1CCCCC1NC(=O)C1CC(=O)N(C)C1c1cccc(F)c1. The lowest BCUT2D eigenvalue weighted by Crippen LogP contribution is -2.48. The summed E-state index contributed by atoms with van der Waals surface area (Å²) in [4.78, 5) is 29.2. The van der Waals surface area contributed by atoms with E-state index in [1.165, 1.54) is 18.6 Å². The highest BCUT2D eigenvalue weighted by atomic mass is 19.1. The van der Waals surface area contributed by atoms with Crippen LogP contribution in [-0.4, -0.2) is 55.3 Å². The van der Waals surface area contributed by atoms with Crippen molar-refractivity contribution in [1.29, 1.82) is 0 Å². The molecular formula is C21H30FN3O2. The van der Waals surface area contributed by atoms with Crippen molar-refractivity contribution < 1.29 is 14.0 Å². The number of nitrogens with zero attached hydrogens (tertiary/aromatic N) is 2. The molecule has 4 unspecified atom stereocenters. The third-order valence-electron chi connectivity index (χ3n) is 5.95. The number of rotatable bonds is 5. The molecule has 1 N–H and O–H groups in total. The normalized spacial score (nSPS) is 28.6. The molecule has 0 bridgehead atoms. The van der Waals surface area contributed by atoms with Crippen LogP contribution < -0.4 is 5.32 Å². The molecule has 27 heavy (non-hydrogen) atoms. The van der Waals surface area contributed by atoms with E-state index in [1.807, 2.05) is 0 Å². The maximum atomic E-state index is 13.7. The number of benzene rings is 1. The van der Waals surface area contributed by atoms with E-state index in [1.54, 1.807) is 24.1 Å². The van der Waals surface area contributed by atoms with Gasteiger partial charge in [0.15, 0.2) is 0 Å². The van der Waals surface area contributed by atoms with E-state index >= 15 is 0 Å². The van der Waals surface area contributed by atoms with E-state index in [-0.39, 0.29) is 30.1 Å². The average Bonchev–Trinajstić information content (AvgIpc) is 2.91. The molecule has 6 heteroatoms. The summed E-state index contributed by atoms with van der Waals surface area (Å²) >= 11 is 0. The molecule has 2 amide bonds. The number of hydrogen-bond donors (Lipinski definition) is 1. The largest absolute Gasteiger partial charge is 0.353 e. The fraction of sp³-hybridized carbons (Fsp3) is 0.619. The quantitative estimate of drug-likeness (QED) is 0.861. The lowest BCUT2D eigenvalue weighted by Gasteiger charge is -2.35. The maximum absolute atomic E-state index is 13.7. The van der Waals surface area contributed by atoms with Gasteiger partial charge in [0.05, 0.1) is 12.0 Å². The van der Waals surface area contributed by atoms with Crippen LogP contribution in [0.15, 0.2) is 24.3 Å². The molecule has 1 aromatic carbocycles. The second kappa shape index (κ2) is 8.38. The van der Waals surface area contributed by atoms with Gasteiger partial charge in [0.1, 0.15) is 5.82 Å². The zero-order chi connectivity index (χ0) is 19.6. The first-order chi connectivity index (χ1) is 12.9. The van der Waals surface area contributed by atoms with Crippen molar-refractivity contribution in [3.05, 3.63) is 35.6 Å². The van der Waals surface area contributed by atoms with Crippen LogP contribution in [0.1, 0.15) is 43.7 Å².